The van der Waals surface area contributed by atoms with E-state index in [1.807, 2.05) is 12.1 Å². The third-order valence-corrected chi connectivity index (χ3v) is 4.60. The molecule has 1 fully saturated rings. The Labute approximate surface area is 151 Å². The van der Waals surface area contributed by atoms with Crippen LogP contribution < -0.4 is 24.8 Å². The highest BCUT2D eigenvalue weighted by atomic mass is 35.5. The highest BCUT2D eigenvalue weighted by Gasteiger charge is 2.47. The van der Waals surface area contributed by atoms with Crippen molar-refractivity contribution in [3.8, 4) is 17.2 Å². The Morgan fingerprint density at radius 2 is 1.60 bits per heavy atom. The molecule has 0 radical (unpaired) electrons. The Bertz CT molecular complexity index is 812. The van der Waals surface area contributed by atoms with E-state index in [9.17, 15) is 4.79 Å². The average Bonchev–Trinajstić information content (AvgIpc) is 2.64. The van der Waals surface area contributed by atoms with Gasteiger partial charge in [0.1, 0.15) is 11.8 Å². The van der Waals surface area contributed by atoms with Gasteiger partial charge in [-0.2, -0.15) is 0 Å². The van der Waals surface area contributed by atoms with Gasteiger partial charge in [0.05, 0.1) is 32.4 Å². The van der Waals surface area contributed by atoms with Crippen molar-refractivity contribution in [3.63, 3.8) is 0 Å². The minimum absolute atomic E-state index is 0.166. The van der Waals surface area contributed by atoms with Crippen LogP contribution in [0.4, 0.5) is 5.69 Å². The second-order valence-electron chi connectivity index (χ2n) is 5.61. The standard InChI is InChI=1S/C18H19ClN2O4/c1-23-13-7-5-11(9-12(13)19)21-17(16(20)18(21)22)10-4-6-14(24-2)15(8-10)25-3/h4-9,16-17H,20H2,1-3H3/t16-,17-/m0/s1. The minimum atomic E-state index is -0.626. The summed E-state index contributed by atoms with van der Waals surface area (Å²) in [6.07, 6.45) is 0. The molecule has 1 aliphatic heterocycles. The number of ether oxygens (including phenoxy) is 3. The summed E-state index contributed by atoms with van der Waals surface area (Å²) in [5.41, 5.74) is 7.58. The Balaban J connectivity index is 1.98. The molecule has 2 aromatic rings. The lowest BCUT2D eigenvalue weighted by Gasteiger charge is -2.45. The largest absolute Gasteiger partial charge is 0.495 e. The Morgan fingerprint density at radius 3 is 2.20 bits per heavy atom. The Kier molecular flexibility index (Phi) is 4.74. The third kappa shape index (κ3) is 2.88. The van der Waals surface area contributed by atoms with Crippen LogP contribution in [0, 0.1) is 0 Å². The fourth-order valence-electron chi connectivity index (χ4n) is 3.00. The molecule has 0 spiro atoms. The van der Waals surface area contributed by atoms with Gasteiger partial charge in [-0.15, -0.1) is 0 Å². The average molecular weight is 363 g/mol. The molecule has 1 saturated heterocycles. The monoisotopic (exact) mass is 362 g/mol. The molecule has 1 aliphatic rings. The number of carbonyl (C=O) groups is 1. The van der Waals surface area contributed by atoms with Gasteiger partial charge in [-0.05, 0) is 35.9 Å². The van der Waals surface area contributed by atoms with Gasteiger partial charge in [-0.1, -0.05) is 17.7 Å². The SMILES string of the molecule is COc1ccc(N2C(=O)[C@@H](N)[C@@H]2c2ccc(OC)c(OC)c2)cc1Cl. The number of hydrogen-bond acceptors (Lipinski definition) is 5. The summed E-state index contributed by atoms with van der Waals surface area (Å²) in [5, 5.41) is 0.430. The number of methoxy groups -OCH3 is 3. The van der Waals surface area contributed by atoms with Crippen molar-refractivity contribution in [3.05, 3.63) is 47.0 Å². The lowest BCUT2D eigenvalue weighted by Crippen LogP contribution is -2.63. The number of hydrogen-bond donors (Lipinski definition) is 1. The van der Waals surface area contributed by atoms with E-state index in [2.05, 4.69) is 0 Å². The van der Waals surface area contributed by atoms with Crippen molar-refractivity contribution < 1.29 is 19.0 Å². The lowest BCUT2D eigenvalue weighted by atomic mass is 9.88. The van der Waals surface area contributed by atoms with E-state index < -0.39 is 6.04 Å². The summed E-state index contributed by atoms with van der Waals surface area (Å²) >= 11 is 6.19. The van der Waals surface area contributed by atoms with Crippen LogP contribution in [0.3, 0.4) is 0 Å². The summed E-state index contributed by atoms with van der Waals surface area (Å²) < 4.78 is 15.8. The number of rotatable bonds is 5. The summed E-state index contributed by atoms with van der Waals surface area (Å²) in [7, 11) is 4.67. The van der Waals surface area contributed by atoms with Gasteiger partial charge in [0, 0.05) is 5.69 Å². The van der Waals surface area contributed by atoms with Crippen molar-refractivity contribution in [1.29, 1.82) is 0 Å². The maximum absolute atomic E-state index is 12.4. The molecule has 3 rings (SSSR count). The number of benzene rings is 2. The van der Waals surface area contributed by atoms with E-state index in [4.69, 9.17) is 31.5 Å². The summed E-state index contributed by atoms with van der Waals surface area (Å²) in [6.45, 7) is 0. The van der Waals surface area contributed by atoms with Crippen molar-refractivity contribution >= 4 is 23.2 Å². The highest BCUT2D eigenvalue weighted by molar-refractivity contribution is 6.32. The first-order valence-electron chi connectivity index (χ1n) is 7.66. The lowest BCUT2D eigenvalue weighted by molar-refractivity contribution is -0.126. The number of nitrogens with zero attached hydrogens (tertiary/aromatic N) is 1. The first-order chi connectivity index (χ1) is 12.0. The van der Waals surface area contributed by atoms with Crippen LogP contribution in [-0.4, -0.2) is 33.3 Å². The molecule has 6 nitrogen and oxygen atoms in total. The van der Waals surface area contributed by atoms with Crippen LogP contribution in [0.1, 0.15) is 11.6 Å². The molecule has 1 amide bonds. The fourth-order valence-corrected chi connectivity index (χ4v) is 3.25. The van der Waals surface area contributed by atoms with Gasteiger partial charge in [-0.3, -0.25) is 4.79 Å². The Morgan fingerprint density at radius 1 is 0.960 bits per heavy atom. The zero-order chi connectivity index (χ0) is 18.1. The molecule has 0 bridgehead atoms. The number of nitrogens with two attached hydrogens (primary N) is 1. The van der Waals surface area contributed by atoms with Gasteiger partial charge in [0.2, 0.25) is 5.91 Å². The van der Waals surface area contributed by atoms with Gasteiger partial charge < -0.3 is 24.8 Å². The maximum Gasteiger partial charge on any atom is 0.247 e. The predicted molar refractivity (Wildman–Crippen MR) is 95.8 cm³/mol. The van der Waals surface area contributed by atoms with E-state index in [1.54, 1.807) is 43.4 Å². The molecule has 2 N–H and O–H groups in total. The zero-order valence-corrected chi connectivity index (χ0v) is 14.9. The first-order valence-corrected chi connectivity index (χ1v) is 8.03. The van der Waals surface area contributed by atoms with Gasteiger partial charge >= 0.3 is 0 Å². The highest BCUT2D eigenvalue weighted by Crippen LogP contribution is 2.42. The number of halogens is 1. The molecule has 7 heteroatoms. The molecule has 132 valence electrons. The van der Waals surface area contributed by atoms with E-state index in [-0.39, 0.29) is 11.9 Å². The molecule has 0 aliphatic carbocycles. The predicted octanol–water partition coefficient (Wildman–Crippen LogP) is 2.78. The normalized spacial score (nSPS) is 19.4. The van der Waals surface area contributed by atoms with Gasteiger partial charge in [0.25, 0.3) is 0 Å². The second kappa shape index (κ2) is 6.82. The van der Waals surface area contributed by atoms with E-state index in [0.717, 1.165) is 5.56 Å². The quantitative estimate of drug-likeness (QED) is 0.828. The van der Waals surface area contributed by atoms with Crippen LogP contribution >= 0.6 is 11.6 Å². The molecule has 25 heavy (non-hydrogen) atoms. The van der Waals surface area contributed by atoms with Gasteiger partial charge in [-0.25, -0.2) is 0 Å². The molecule has 0 saturated carbocycles. The van der Waals surface area contributed by atoms with Crippen molar-refractivity contribution in [1.82, 2.24) is 0 Å². The van der Waals surface area contributed by atoms with Gasteiger partial charge in [0.15, 0.2) is 11.5 Å². The molecule has 2 atom stereocenters. The van der Waals surface area contributed by atoms with Crippen LogP contribution in [0.15, 0.2) is 36.4 Å². The molecule has 0 unspecified atom stereocenters. The summed E-state index contributed by atoms with van der Waals surface area (Å²) in [6, 6.07) is 9.75. The second-order valence-corrected chi connectivity index (χ2v) is 6.02. The topological polar surface area (TPSA) is 74.0 Å². The third-order valence-electron chi connectivity index (χ3n) is 4.30. The smallest absolute Gasteiger partial charge is 0.247 e. The summed E-state index contributed by atoms with van der Waals surface area (Å²) in [5.74, 6) is 1.58. The first kappa shape index (κ1) is 17.4. The minimum Gasteiger partial charge on any atom is -0.495 e. The number of anilines is 1. The molecule has 2 aromatic carbocycles. The van der Waals surface area contributed by atoms with Crippen LogP contribution in [-0.2, 0) is 4.79 Å². The number of β-lactam (4-membered cyclic amide) rings is 1. The van der Waals surface area contributed by atoms with E-state index >= 15 is 0 Å². The van der Waals surface area contributed by atoms with Crippen molar-refractivity contribution in [2.45, 2.75) is 12.1 Å². The van der Waals surface area contributed by atoms with E-state index in [1.165, 1.54) is 7.11 Å². The number of carbonyl (C=O) groups excluding carboxylic acids is 1. The van der Waals surface area contributed by atoms with Crippen molar-refractivity contribution in [2.75, 3.05) is 26.2 Å². The van der Waals surface area contributed by atoms with Crippen molar-refractivity contribution in [2.24, 2.45) is 5.73 Å². The van der Waals surface area contributed by atoms with Crippen LogP contribution in [0.5, 0.6) is 17.2 Å². The molecular formula is C18H19ClN2O4. The maximum atomic E-state index is 12.4. The Hall–Kier alpha value is -2.44. The molecule has 1 heterocycles. The zero-order valence-electron chi connectivity index (χ0n) is 14.2. The van der Waals surface area contributed by atoms with Crippen LogP contribution in [0.2, 0.25) is 5.02 Å². The van der Waals surface area contributed by atoms with Crippen LogP contribution in [0.25, 0.3) is 0 Å². The molecular weight excluding hydrogens is 344 g/mol. The fraction of sp³-hybridized carbons (Fsp3) is 0.278. The number of amides is 1. The van der Waals surface area contributed by atoms with E-state index in [0.29, 0.717) is 28.0 Å². The molecule has 0 aromatic heterocycles. The summed E-state index contributed by atoms with van der Waals surface area (Å²) in [4.78, 5) is 14.0.